The first-order valence-electron chi connectivity index (χ1n) is 10.0. The molecule has 3 aliphatic rings. The van der Waals surface area contributed by atoms with Crippen LogP contribution in [0.15, 0.2) is 48.5 Å². The van der Waals surface area contributed by atoms with Crippen LogP contribution in [0.2, 0.25) is 0 Å². The number of fused-ring (bicyclic) bond motifs is 4. The van der Waals surface area contributed by atoms with E-state index in [1.807, 2.05) is 0 Å². The van der Waals surface area contributed by atoms with Crippen LogP contribution in [0, 0.1) is 0 Å². The van der Waals surface area contributed by atoms with Crippen LogP contribution < -0.4 is 10.6 Å². The molecule has 1 spiro atoms. The Hall–Kier alpha value is -1.72. The summed E-state index contributed by atoms with van der Waals surface area (Å²) in [7, 11) is 8.55. The van der Waals surface area contributed by atoms with E-state index in [4.69, 9.17) is 0 Å². The van der Waals surface area contributed by atoms with E-state index in [1.54, 1.807) is 22.3 Å². The van der Waals surface area contributed by atoms with Gasteiger partial charge in [-0.15, -0.1) is 0 Å². The van der Waals surface area contributed by atoms with Crippen molar-refractivity contribution in [1.82, 2.24) is 20.4 Å². The third-order valence-electron chi connectivity index (χ3n) is 6.86. The van der Waals surface area contributed by atoms with Crippen LogP contribution in [0.3, 0.4) is 0 Å². The van der Waals surface area contributed by atoms with E-state index in [1.165, 1.54) is 0 Å². The SMILES string of the molecule is CN(C)CN[C@@H]1C2c3ccccc3C23c2ccccc2C3[C@H]1NCN(C)C. The fraction of sp³-hybridized carbons (Fsp3) is 0.478. The summed E-state index contributed by atoms with van der Waals surface area (Å²) in [5.74, 6) is 1.10. The van der Waals surface area contributed by atoms with Crippen molar-refractivity contribution in [2.45, 2.75) is 29.3 Å². The van der Waals surface area contributed by atoms with Gasteiger partial charge in [-0.05, 0) is 50.4 Å². The van der Waals surface area contributed by atoms with Crippen LogP contribution >= 0.6 is 0 Å². The second kappa shape index (κ2) is 6.14. The normalized spacial score (nSPS) is 32.4. The predicted molar refractivity (Wildman–Crippen MR) is 110 cm³/mol. The minimum Gasteiger partial charge on any atom is -0.299 e. The fourth-order valence-electron chi connectivity index (χ4n) is 6.07. The zero-order valence-corrected chi connectivity index (χ0v) is 16.7. The smallest absolute Gasteiger partial charge is 0.0477 e. The number of nitrogens with one attached hydrogen (secondary N) is 2. The summed E-state index contributed by atoms with van der Waals surface area (Å²) >= 11 is 0. The lowest BCUT2D eigenvalue weighted by atomic mass is 9.43. The Labute approximate surface area is 162 Å². The van der Waals surface area contributed by atoms with E-state index in [9.17, 15) is 0 Å². The Morgan fingerprint density at radius 1 is 0.704 bits per heavy atom. The van der Waals surface area contributed by atoms with Crippen molar-refractivity contribution in [3.05, 3.63) is 70.8 Å². The predicted octanol–water partition coefficient (Wildman–Crippen LogP) is 2.14. The van der Waals surface area contributed by atoms with Gasteiger partial charge in [0.05, 0.1) is 0 Å². The average Bonchev–Trinajstić information content (AvgIpc) is 2.83. The molecule has 4 atom stereocenters. The first-order chi connectivity index (χ1) is 13.1. The second-order valence-electron chi connectivity index (χ2n) is 8.93. The highest BCUT2D eigenvalue weighted by molar-refractivity contribution is 5.72. The standard InChI is InChI=1S/C23H30N4/c1-26(2)13-24-21-19-15-9-5-7-11-17(15)23(19)18-12-8-6-10-16(18)20(23)22(21)25-14-27(3)4/h5-12,19-22,24-25H,13-14H2,1-4H3/t19?,20?,21-,22-,23?/m1/s1. The largest absolute Gasteiger partial charge is 0.299 e. The van der Waals surface area contributed by atoms with Crippen molar-refractivity contribution in [1.29, 1.82) is 0 Å². The molecule has 0 amide bonds. The van der Waals surface area contributed by atoms with Crippen molar-refractivity contribution in [2.24, 2.45) is 0 Å². The summed E-state index contributed by atoms with van der Waals surface area (Å²) < 4.78 is 0. The van der Waals surface area contributed by atoms with E-state index in [2.05, 4.69) is 97.2 Å². The number of rotatable bonds is 6. The summed E-state index contributed by atoms with van der Waals surface area (Å²) in [5.41, 5.74) is 6.40. The van der Waals surface area contributed by atoms with Crippen LogP contribution in [0.1, 0.15) is 34.1 Å². The van der Waals surface area contributed by atoms with Gasteiger partial charge in [-0.3, -0.25) is 20.4 Å². The van der Waals surface area contributed by atoms with Gasteiger partial charge < -0.3 is 0 Å². The molecule has 2 aromatic carbocycles. The summed E-state index contributed by atoms with van der Waals surface area (Å²) in [6.07, 6.45) is 0. The fourth-order valence-corrected chi connectivity index (χ4v) is 6.07. The van der Waals surface area contributed by atoms with E-state index >= 15 is 0 Å². The van der Waals surface area contributed by atoms with Gasteiger partial charge in [0.15, 0.2) is 0 Å². The van der Waals surface area contributed by atoms with Gasteiger partial charge in [0, 0.05) is 42.7 Å². The van der Waals surface area contributed by atoms with Gasteiger partial charge in [-0.2, -0.15) is 0 Å². The number of nitrogens with zero attached hydrogens (tertiary/aromatic N) is 2. The van der Waals surface area contributed by atoms with Gasteiger partial charge in [0.2, 0.25) is 0 Å². The minimum atomic E-state index is 0.196. The van der Waals surface area contributed by atoms with E-state index in [0.717, 1.165) is 13.3 Å². The molecule has 5 rings (SSSR count). The maximum absolute atomic E-state index is 3.90. The molecule has 0 aliphatic heterocycles. The molecule has 4 nitrogen and oxygen atoms in total. The molecule has 1 fully saturated rings. The van der Waals surface area contributed by atoms with Gasteiger partial charge >= 0.3 is 0 Å². The van der Waals surface area contributed by atoms with Crippen molar-refractivity contribution < 1.29 is 0 Å². The van der Waals surface area contributed by atoms with Crippen molar-refractivity contribution in [3.8, 4) is 0 Å². The summed E-state index contributed by atoms with van der Waals surface area (Å²) in [6.45, 7) is 1.81. The van der Waals surface area contributed by atoms with Gasteiger partial charge in [0.1, 0.15) is 0 Å². The van der Waals surface area contributed by atoms with Crippen LogP contribution in [-0.4, -0.2) is 63.4 Å². The Morgan fingerprint density at radius 2 is 1.11 bits per heavy atom. The van der Waals surface area contributed by atoms with Gasteiger partial charge in [0.25, 0.3) is 0 Å². The second-order valence-corrected chi connectivity index (χ2v) is 8.93. The lowest BCUT2D eigenvalue weighted by Crippen LogP contribution is -2.54. The molecular formula is C23H30N4. The molecule has 2 unspecified atom stereocenters. The molecule has 0 aromatic heterocycles. The van der Waals surface area contributed by atoms with Crippen molar-refractivity contribution in [2.75, 3.05) is 41.5 Å². The highest BCUT2D eigenvalue weighted by Gasteiger charge is 2.73. The highest BCUT2D eigenvalue weighted by Crippen LogP contribution is 2.75. The summed E-state index contributed by atoms with van der Waals surface area (Å²) in [5, 5.41) is 7.81. The van der Waals surface area contributed by atoms with Crippen LogP contribution in [-0.2, 0) is 5.41 Å². The monoisotopic (exact) mass is 362 g/mol. The van der Waals surface area contributed by atoms with Crippen molar-refractivity contribution >= 4 is 0 Å². The zero-order valence-electron chi connectivity index (χ0n) is 16.7. The van der Waals surface area contributed by atoms with Gasteiger partial charge in [-0.25, -0.2) is 0 Å². The number of hydrogen-bond acceptors (Lipinski definition) is 4. The van der Waals surface area contributed by atoms with E-state index in [-0.39, 0.29) is 5.41 Å². The van der Waals surface area contributed by atoms with Crippen LogP contribution in [0.4, 0.5) is 0 Å². The van der Waals surface area contributed by atoms with Crippen LogP contribution in [0.25, 0.3) is 0 Å². The molecule has 27 heavy (non-hydrogen) atoms. The minimum absolute atomic E-state index is 0.196. The molecule has 4 heteroatoms. The molecule has 142 valence electrons. The quantitative estimate of drug-likeness (QED) is 0.771. The molecule has 2 N–H and O–H groups in total. The Balaban J connectivity index is 1.61. The Bertz CT molecular complexity index is 787. The molecular weight excluding hydrogens is 332 g/mol. The molecule has 1 saturated carbocycles. The zero-order chi connectivity index (χ0) is 18.8. The summed E-state index contributed by atoms with van der Waals surface area (Å²) in [6, 6.07) is 19.1. The molecule has 0 saturated heterocycles. The molecule has 0 radical (unpaired) electrons. The van der Waals surface area contributed by atoms with E-state index in [0.29, 0.717) is 23.9 Å². The number of hydrogen-bond donors (Lipinski definition) is 2. The molecule has 3 aliphatic carbocycles. The maximum Gasteiger partial charge on any atom is 0.0477 e. The topological polar surface area (TPSA) is 30.5 Å². The third-order valence-corrected chi connectivity index (χ3v) is 6.86. The molecule has 0 bridgehead atoms. The molecule has 0 heterocycles. The molecule has 2 aromatic rings. The first kappa shape index (κ1) is 17.4. The van der Waals surface area contributed by atoms with Gasteiger partial charge in [-0.1, -0.05) is 48.5 Å². The average molecular weight is 363 g/mol. The maximum atomic E-state index is 3.90. The Kier molecular flexibility index (Phi) is 3.96. The highest BCUT2D eigenvalue weighted by atomic mass is 15.2. The van der Waals surface area contributed by atoms with Crippen LogP contribution in [0.5, 0.6) is 0 Å². The lowest BCUT2D eigenvalue weighted by molar-refractivity contribution is 0.270. The number of benzene rings is 2. The lowest BCUT2D eigenvalue weighted by Gasteiger charge is -2.59. The van der Waals surface area contributed by atoms with Crippen molar-refractivity contribution in [3.63, 3.8) is 0 Å². The van der Waals surface area contributed by atoms with E-state index < -0.39 is 0 Å². The first-order valence-corrected chi connectivity index (χ1v) is 10.0. The summed E-state index contributed by atoms with van der Waals surface area (Å²) in [4.78, 5) is 4.46. The Morgan fingerprint density at radius 3 is 1.52 bits per heavy atom. The third kappa shape index (κ3) is 2.18.